The van der Waals surface area contributed by atoms with Gasteiger partial charge in [-0.1, -0.05) is 24.3 Å². The Bertz CT molecular complexity index is 798. The van der Waals surface area contributed by atoms with E-state index in [0.29, 0.717) is 5.65 Å². The van der Waals surface area contributed by atoms with Crippen LogP contribution in [0.1, 0.15) is 11.3 Å². The molecule has 1 aliphatic rings. The molecule has 81 valence electrons. The number of aromatic nitrogens is 3. The van der Waals surface area contributed by atoms with Crippen molar-refractivity contribution in [2.24, 2.45) is 0 Å². The molecule has 0 saturated heterocycles. The van der Waals surface area contributed by atoms with Gasteiger partial charge in [0, 0.05) is 24.4 Å². The highest BCUT2D eigenvalue weighted by Gasteiger charge is 2.22. The third-order valence-electron chi connectivity index (χ3n) is 3.12. The fraction of sp³-hybridized carbons (Fsp3) is 0. The van der Waals surface area contributed by atoms with E-state index in [2.05, 4.69) is 16.4 Å². The molecule has 0 saturated carbocycles. The minimum Gasteiger partial charge on any atom is -0.317 e. The van der Waals surface area contributed by atoms with E-state index in [4.69, 9.17) is 0 Å². The van der Waals surface area contributed by atoms with E-state index in [1.807, 2.05) is 34.9 Å². The maximum atomic E-state index is 11.9. The maximum Gasteiger partial charge on any atom is 0.292 e. The van der Waals surface area contributed by atoms with Gasteiger partial charge in [0.2, 0.25) is 5.65 Å². The molecule has 4 rings (SSSR count). The number of rotatable bonds is 0. The Kier molecular flexibility index (Phi) is 1.47. The predicted molar refractivity (Wildman–Crippen MR) is 63.8 cm³/mol. The summed E-state index contributed by atoms with van der Waals surface area (Å²) in [4.78, 5) is 18.8. The van der Waals surface area contributed by atoms with E-state index >= 15 is 0 Å². The molecule has 0 unspecified atom stereocenters. The summed E-state index contributed by atoms with van der Waals surface area (Å²) in [7, 11) is 0. The second kappa shape index (κ2) is 2.85. The molecule has 4 heteroatoms. The number of nitrogens with zero attached hydrogens (tertiary/aromatic N) is 2. The van der Waals surface area contributed by atoms with Crippen LogP contribution in [0.3, 0.4) is 0 Å². The Labute approximate surface area is 96.6 Å². The number of H-pyrrole nitrogens is 1. The third-order valence-corrected chi connectivity index (χ3v) is 3.12. The van der Waals surface area contributed by atoms with Gasteiger partial charge in [-0.2, -0.15) is 0 Å². The minimum atomic E-state index is -0.154. The summed E-state index contributed by atoms with van der Waals surface area (Å²) in [5.74, 6) is 0. The van der Waals surface area contributed by atoms with Crippen molar-refractivity contribution in [2.45, 2.75) is 0 Å². The molecule has 1 radical (unpaired) electrons. The average Bonchev–Trinajstić information content (AvgIpc) is 2.93. The van der Waals surface area contributed by atoms with Crippen molar-refractivity contribution in [3.8, 4) is 11.3 Å². The van der Waals surface area contributed by atoms with Crippen LogP contribution in [0.2, 0.25) is 0 Å². The summed E-state index contributed by atoms with van der Waals surface area (Å²) in [6.45, 7) is 0. The Morgan fingerprint density at radius 1 is 1.24 bits per heavy atom. The van der Waals surface area contributed by atoms with Gasteiger partial charge in [0.05, 0.1) is 11.4 Å². The van der Waals surface area contributed by atoms with Crippen molar-refractivity contribution in [3.05, 3.63) is 64.7 Å². The molecule has 1 aliphatic carbocycles. The lowest BCUT2D eigenvalue weighted by molar-refractivity contribution is 1.06. The van der Waals surface area contributed by atoms with Gasteiger partial charge >= 0.3 is 0 Å². The number of fused-ring (bicyclic) bond motifs is 5. The highest BCUT2D eigenvalue weighted by molar-refractivity contribution is 5.77. The van der Waals surface area contributed by atoms with Crippen molar-refractivity contribution < 1.29 is 0 Å². The van der Waals surface area contributed by atoms with Crippen LogP contribution in [-0.4, -0.2) is 14.4 Å². The maximum absolute atomic E-state index is 11.9. The summed E-state index contributed by atoms with van der Waals surface area (Å²) in [6, 6.07) is 8.01. The van der Waals surface area contributed by atoms with Crippen LogP contribution in [0, 0.1) is 6.42 Å². The number of imidazole rings is 1. The van der Waals surface area contributed by atoms with E-state index in [-0.39, 0.29) is 5.56 Å². The molecule has 3 aromatic rings. The van der Waals surface area contributed by atoms with Crippen LogP contribution >= 0.6 is 0 Å². The zero-order valence-corrected chi connectivity index (χ0v) is 8.84. The Balaban J connectivity index is 2.19. The second-order valence-electron chi connectivity index (χ2n) is 4.07. The van der Waals surface area contributed by atoms with Crippen LogP contribution in [0.15, 0.2) is 41.5 Å². The summed E-state index contributed by atoms with van der Waals surface area (Å²) >= 11 is 0. The summed E-state index contributed by atoms with van der Waals surface area (Å²) in [5.41, 5.74) is 4.33. The molecule has 1 aromatic carbocycles. The largest absolute Gasteiger partial charge is 0.317 e. The number of hydrogen-bond donors (Lipinski definition) is 1. The number of nitrogens with one attached hydrogen (secondary N) is 1. The Morgan fingerprint density at radius 3 is 3.06 bits per heavy atom. The molecule has 0 bridgehead atoms. The fourth-order valence-electron chi connectivity index (χ4n) is 2.36. The normalized spacial score (nSPS) is 12.7. The fourth-order valence-corrected chi connectivity index (χ4v) is 2.36. The Morgan fingerprint density at radius 2 is 2.12 bits per heavy atom. The van der Waals surface area contributed by atoms with Crippen molar-refractivity contribution in [1.29, 1.82) is 0 Å². The molecule has 4 nitrogen and oxygen atoms in total. The van der Waals surface area contributed by atoms with Crippen molar-refractivity contribution in [1.82, 2.24) is 14.4 Å². The van der Waals surface area contributed by atoms with Crippen LogP contribution in [0.5, 0.6) is 0 Å². The summed E-state index contributed by atoms with van der Waals surface area (Å²) < 4.78 is 1.83. The molecule has 0 amide bonds. The first-order valence-corrected chi connectivity index (χ1v) is 5.38. The van der Waals surface area contributed by atoms with Crippen LogP contribution in [-0.2, 0) is 0 Å². The Hall–Kier alpha value is -2.36. The highest BCUT2D eigenvalue weighted by Crippen LogP contribution is 2.35. The average molecular weight is 222 g/mol. The lowest BCUT2D eigenvalue weighted by Gasteiger charge is -2.02. The molecular weight excluding hydrogens is 214 g/mol. The number of aromatic amines is 1. The predicted octanol–water partition coefficient (Wildman–Crippen LogP) is 1.60. The molecule has 0 fully saturated rings. The van der Waals surface area contributed by atoms with Gasteiger partial charge in [-0.25, -0.2) is 4.98 Å². The van der Waals surface area contributed by atoms with Gasteiger partial charge in [0.25, 0.3) is 5.56 Å². The first-order valence-electron chi connectivity index (χ1n) is 5.38. The summed E-state index contributed by atoms with van der Waals surface area (Å²) in [5, 5.41) is 0. The van der Waals surface area contributed by atoms with Gasteiger partial charge in [-0.05, 0) is 5.56 Å². The minimum absolute atomic E-state index is 0.154. The van der Waals surface area contributed by atoms with E-state index in [0.717, 1.165) is 22.5 Å². The molecule has 2 heterocycles. The molecule has 0 aliphatic heterocycles. The molecule has 1 N–H and O–H groups in total. The van der Waals surface area contributed by atoms with E-state index in [1.54, 1.807) is 6.20 Å². The molecule has 0 spiro atoms. The van der Waals surface area contributed by atoms with Crippen molar-refractivity contribution >= 4 is 5.65 Å². The third kappa shape index (κ3) is 1.02. The zero-order chi connectivity index (χ0) is 11.4. The summed E-state index contributed by atoms with van der Waals surface area (Å²) in [6.07, 6.45) is 5.52. The molecule has 17 heavy (non-hydrogen) atoms. The smallest absolute Gasteiger partial charge is 0.292 e. The van der Waals surface area contributed by atoms with Gasteiger partial charge < -0.3 is 4.98 Å². The highest BCUT2D eigenvalue weighted by atomic mass is 16.1. The van der Waals surface area contributed by atoms with Crippen LogP contribution in [0.4, 0.5) is 0 Å². The second-order valence-corrected chi connectivity index (χ2v) is 4.07. The van der Waals surface area contributed by atoms with Crippen LogP contribution < -0.4 is 5.56 Å². The van der Waals surface area contributed by atoms with Gasteiger partial charge in [0.15, 0.2) is 0 Å². The monoisotopic (exact) mass is 222 g/mol. The first-order chi connectivity index (χ1) is 8.34. The SMILES string of the molecule is O=c1[nH]c2c(n3ccnc13)[CH]c1ccccc1-2. The van der Waals surface area contributed by atoms with Gasteiger partial charge in [-0.3, -0.25) is 9.20 Å². The zero-order valence-electron chi connectivity index (χ0n) is 8.84. The van der Waals surface area contributed by atoms with E-state index in [9.17, 15) is 4.79 Å². The first kappa shape index (κ1) is 8.75. The standard InChI is InChI=1S/C13H8N3O/c17-13-12-14-5-6-16(12)10-7-8-3-1-2-4-9(8)11(10)15-13/h1-7H,(H,15,17). The number of benzene rings is 1. The molecular formula is C13H8N3O. The number of hydrogen-bond acceptors (Lipinski definition) is 2. The quantitative estimate of drug-likeness (QED) is 0.491. The lowest BCUT2D eigenvalue weighted by atomic mass is 10.1. The lowest BCUT2D eigenvalue weighted by Crippen LogP contribution is -2.13. The van der Waals surface area contributed by atoms with Gasteiger partial charge in [-0.15, -0.1) is 0 Å². The topological polar surface area (TPSA) is 50.2 Å². The van der Waals surface area contributed by atoms with E-state index in [1.165, 1.54) is 0 Å². The molecule has 2 aromatic heterocycles. The van der Waals surface area contributed by atoms with Crippen molar-refractivity contribution in [2.75, 3.05) is 0 Å². The van der Waals surface area contributed by atoms with Crippen molar-refractivity contribution in [3.63, 3.8) is 0 Å². The van der Waals surface area contributed by atoms with Crippen LogP contribution in [0.25, 0.3) is 16.9 Å². The van der Waals surface area contributed by atoms with Gasteiger partial charge in [0.1, 0.15) is 0 Å². The van der Waals surface area contributed by atoms with E-state index < -0.39 is 0 Å². The molecule has 0 atom stereocenters.